The van der Waals surface area contributed by atoms with Crippen LogP contribution in [0.3, 0.4) is 0 Å². The molecule has 2 amide bonds. The van der Waals surface area contributed by atoms with Crippen LogP contribution in [0.15, 0.2) is 0 Å². The minimum absolute atomic E-state index is 0.0555. The van der Waals surface area contributed by atoms with Crippen LogP contribution in [0.1, 0.15) is 46.0 Å². The number of nitrogens with one attached hydrogen (secondary N) is 1. The number of rotatable bonds is 4. The normalized spacial score (nSPS) is 27.1. The highest BCUT2D eigenvalue weighted by Crippen LogP contribution is 2.31. The van der Waals surface area contributed by atoms with Crippen LogP contribution < -0.4 is 11.1 Å². The second kappa shape index (κ2) is 7.25. The van der Waals surface area contributed by atoms with E-state index in [9.17, 15) is 9.59 Å². The van der Waals surface area contributed by atoms with E-state index in [1.54, 1.807) is 0 Å². The van der Waals surface area contributed by atoms with Gasteiger partial charge in [-0.2, -0.15) is 0 Å². The highest BCUT2D eigenvalue weighted by atomic mass is 16.2. The molecule has 0 spiro atoms. The van der Waals surface area contributed by atoms with Crippen molar-refractivity contribution in [2.75, 3.05) is 19.6 Å². The first-order valence-corrected chi connectivity index (χ1v) is 8.32. The van der Waals surface area contributed by atoms with Crippen LogP contribution >= 0.6 is 0 Å². The van der Waals surface area contributed by atoms with Crippen LogP contribution in [0, 0.1) is 17.8 Å². The lowest BCUT2D eigenvalue weighted by Gasteiger charge is -2.34. The summed E-state index contributed by atoms with van der Waals surface area (Å²) in [7, 11) is 0. The van der Waals surface area contributed by atoms with E-state index >= 15 is 0 Å². The molecule has 2 rings (SSSR count). The molecule has 5 heteroatoms. The number of piperidine rings is 1. The average molecular weight is 295 g/mol. The van der Waals surface area contributed by atoms with E-state index < -0.39 is 0 Å². The molecule has 120 valence electrons. The molecule has 5 nitrogen and oxygen atoms in total. The Labute approximate surface area is 127 Å². The summed E-state index contributed by atoms with van der Waals surface area (Å²) in [5, 5.41) is 3.18. The molecule has 2 unspecified atom stereocenters. The molecule has 2 aliphatic rings. The van der Waals surface area contributed by atoms with E-state index in [0.29, 0.717) is 12.5 Å². The molecular weight excluding hydrogens is 266 g/mol. The number of nitrogens with zero attached hydrogens (tertiary/aromatic N) is 1. The number of hydrogen-bond donors (Lipinski definition) is 2. The Balaban J connectivity index is 1.78. The fraction of sp³-hybridized carbons (Fsp3) is 0.875. The lowest BCUT2D eigenvalue weighted by Crippen LogP contribution is -2.49. The van der Waals surface area contributed by atoms with E-state index in [-0.39, 0.29) is 29.7 Å². The van der Waals surface area contributed by atoms with Gasteiger partial charge in [-0.15, -0.1) is 0 Å². The quantitative estimate of drug-likeness (QED) is 0.816. The molecule has 21 heavy (non-hydrogen) atoms. The summed E-state index contributed by atoms with van der Waals surface area (Å²) >= 11 is 0. The lowest BCUT2D eigenvalue weighted by molar-refractivity contribution is -0.135. The average Bonchev–Trinajstić information content (AvgIpc) is 2.95. The van der Waals surface area contributed by atoms with E-state index in [0.717, 1.165) is 45.2 Å². The number of likely N-dealkylation sites (tertiary alicyclic amines) is 1. The third-order valence-corrected chi connectivity index (χ3v) is 4.95. The first-order chi connectivity index (χ1) is 10.0. The van der Waals surface area contributed by atoms with Crippen LogP contribution in [-0.2, 0) is 9.59 Å². The summed E-state index contributed by atoms with van der Waals surface area (Å²) in [6, 6.07) is 0.215. The maximum atomic E-state index is 12.4. The molecule has 1 saturated heterocycles. The van der Waals surface area contributed by atoms with Gasteiger partial charge < -0.3 is 16.0 Å². The topological polar surface area (TPSA) is 75.4 Å². The maximum Gasteiger partial charge on any atom is 0.225 e. The van der Waals surface area contributed by atoms with Gasteiger partial charge in [0.2, 0.25) is 11.8 Å². The van der Waals surface area contributed by atoms with E-state index in [2.05, 4.69) is 5.32 Å². The SMILES string of the molecule is CC(C)C(=O)N1CCC(NC(=O)C2CCCC2CN)CC1. The molecule has 2 fully saturated rings. The van der Waals surface area contributed by atoms with Crippen molar-refractivity contribution >= 4 is 11.8 Å². The van der Waals surface area contributed by atoms with Crippen molar-refractivity contribution in [3.05, 3.63) is 0 Å². The smallest absolute Gasteiger partial charge is 0.225 e. The molecule has 1 aliphatic heterocycles. The number of carbonyl (C=O) groups is 2. The lowest BCUT2D eigenvalue weighted by atomic mass is 9.94. The second-order valence-corrected chi connectivity index (χ2v) is 6.80. The van der Waals surface area contributed by atoms with Gasteiger partial charge in [-0.25, -0.2) is 0 Å². The molecule has 0 radical (unpaired) electrons. The number of hydrogen-bond acceptors (Lipinski definition) is 3. The zero-order valence-corrected chi connectivity index (χ0v) is 13.3. The minimum Gasteiger partial charge on any atom is -0.353 e. The van der Waals surface area contributed by atoms with E-state index in [1.807, 2.05) is 18.7 Å². The van der Waals surface area contributed by atoms with Crippen LogP contribution in [0.2, 0.25) is 0 Å². The van der Waals surface area contributed by atoms with Gasteiger partial charge in [-0.3, -0.25) is 9.59 Å². The standard InChI is InChI=1S/C16H29N3O2/c1-11(2)16(21)19-8-6-13(7-9-19)18-15(20)14-5-3-4-12(14)10-17/h11-14H,3-10,17H2,1-2H3,(H,18,20). The first kappa shape index (κ1) is 16.3. The Morgan fingerprint density at radius 1 is 1.19 bits per heavy atom. The minimum atomic E-state index is 0.0555. The summed E-state index contributed by atoms with van der Waals surface area (Å²) in [6.07, 6.45) is 4.89. The molecule has 0 aromatic heterocycles. The largest absolute Gasteiger partial charge is 0.353 e. The number of carbonyl (C=O) groups excluding carboxylic acids is 2. The zero-order valence-electron chi connectivity index (χ0n) is 13.3. The number of nitrogens with two attached hydrogens (primary N) is 1. The van der Waals surface area contributed by atoms with Crippen LogP contribution in [0.5, 0.6) is 0 Å². The molecule has 2 atom stereocenters. The van der Waals surface area contributed by atoms with E-state index in [1.165, 1.54) is 0 Å². The summed E-state index contributed by atoms with van der Waals surface area (Å²) in [5.41, 5.74) is 5.75. The van der Waals surface area contributed by atoms with Crippen molar-refractivity contribution in [3.8, 4) is 0 Å². The van der Waals surface area contributed by atoms with Crippen molar-refractivity contribution in [2.45, 2.75) is 52.0 Å². The van der Waals surface area contributed by atoms with Gasteiger partial charge >= 0.3 is 0 Å². The van der Waals surface area contributed by atoms with Gasteiger partial charge in [0.1, 0.15) is 0 Å². The van der Waals surface area contributed by atoms with Crippen LogP contribution in [-0.4, -0.2) is 42.4 Å². The van der Waals surface area contributed by atoms with Crippen molar-refractivity contribution in [2.24, 2.45) is 23.5 Å². The maximum absolute atomic E-state index is 12.4. The highest BCUT2D eigenvalue weighted by molar-refractivity contribution is 5.80. The first-order valence-electron chi connectivity index (χ1n) is 8.32. The van der Waals surface area contributed by atoms with Gasteiger partial charge in [-0.1, -0.05) is 20.3 Å². The van der Waals surface area contributed by atoms with Crippen molar-refractivity contribution in [3.63, 3.8) is 0 Å². The summed E-state index contributed by atoms with van der Waals surface area (Å²) in [4.78, 5) is 26.2. The Morgan fingerprint density at radius 2 is 1.86 bits per heavy atom. The number of amides is 2. The molecule has 1 heterocycles. The van der Waals surface area contributed by atoms with Gasteiger partial charge in [0.05, 0.1) is 0 Å². The Hall–Kier alpha value is -1.10. The van der Waals surface area contributed by atoms with Gasteiger partial charge in [0.15, 0.2) is 0 Å². The Bertz CT molecular complexity index is 376. The summed E-state index contributed by atoms with van der Waals surface area (Å²) in [5.74, 6) is 0.910. The van der Waals surface area contributed by atoms with E-state index in [4.69, 9.17) is 5.73 Å². The van der Waals surface area contributed by atoms with Crippen molar-refractivity contribution in [1.82, 2.24) is 10.2 Å². The van der Waals surface area contributed by atoms with Crippen molar-refractivity contribution in [1.29, 1.82) is 0 Å². The monoisotopic (exact) mass is 295 g/mol. The van der Waals surface area contributed by atoms with Crippen LogP contribution in [0.25, 0.3) is 0 Å². The summed E-state index contributed by atoms with van der Waals surface area (Å²) in [6.45, 7) is 5.99. The third-order valence-electron chi connectivity index (χ3n) is 4.95. The molecule has 1 aliphatic carbocycles. The van der Waals surface area contributed by atoms with Gasteiger partial charge in [0.25, 0.3) is 0 Å². The fourth-order valence-corrected chi connectivity index (χ4v) is 3.58. The predicted molar refractivity (Wildman–Crippen MR) is 82.5 cm³/mol. The molecule has 0 aromatic carbocycles. The fourth-order valence-electron chi connectivity index (χ4n) is 3.58. The molecule has 0 aromatic rings. The van der Waals surface area contributed by atoms with Gasteiger partial charge in [0, 0.05) is 31.0 Å². The predicted octanol–water partition coefficient (Wildman–Crippen LogP) is 1.12. The Morgan fingerprint density at radius 3 is 2.43 bits per heavy atom. The highest BCUT2D eigenvalue weighted by Gasteiger charge is 2.33. The summed E-state index contributed by atoms with van der Waals surface area (Å²) < 4.78 is 0. The molecule has 1 saturated carbocycles. The molecular formula is C16H29N3O2. The molecule has 3 N–H and O–H groups in total. The Kier molecular flexibility index (Phi) is 5.62. The zero-order chi connectivity index (χ0) is 15.4. The third kappa shape index (κ3) is 3.96. The van der Waals surface area contributed by atoms with Gasteiger partial charge in [-0.05, 0) is 38.1 Å². The second-order valence-electron chi connectivity index (χ2n) is 6.80. The van der Waals surface area contributed by atoms with Crippen molar-refractivity contribution < 1.29 is 9.59 Å². The van der Waals surface area contributed by atoms with Crippen LogP contribution in [0.4, 0.5) is 0 Å². The molecule has 0 bridgehead atoms.